The molecule has 0 aliphatic rings. The molecule has 0 fully saturated rings. The van der Waals surface area contributed by atoms with Gasteiger partial charge in [0.15, 0.2) is 0 Å². The van der Waals surface area contributed by atoms with Crippen molar-refractivity contribution < 1.29 is 18.5 Å². The molecule has 0 spiro atoms. The van der Waals surface area contributed by atoms with E-state index >= 15 is 0 Å². The molecular formula is C9H14NO4P. The summed E-state index contributed by atoms with van der Waals surface area (Å²) in [5.41, 5.74) is 5.22. The largest absolute Gasteiger partial charge is 0.527 e. The van der Waals surface area contributed by atoms with Crippen LogP contribution < -0.4 is 10.3 Å². The van der Waals surface area contributed by atoms with E-state index < -0.39 is 7.82 Å². The number of benzene rings is 1. The van der Waals surface area contributed by atoms with Gasteiger partial charge in [-0.1, -0.05) is 18.2 Å². The summed E-state index contributed by atoms with van der Waals surface area (Å²) in [6.45, 7) is 0.516. The Morgan fingerprint density at radius 1 is 1.33 bits per heavy atom. The molecule has 0 aliphatic heterocycles. The van der Waals surface area contributed by atoms with E-state index in [1.165, 1.54) is 0 Å². The van der Waals surface area contributed by atoms with Gasteiger partial charge in [0.25, 0.3) is 0 Å². The number of nitrogens with two attached hydrogens (primary N) is 1. The summed E-state index contributed by atoms with van der Waals surface area (Å²) >= 11 is 0. The molecule has 1 rings (SSSR count). The van der Waals surface area contributed by atoms with E-state index in [0.717, 1.165) is 0 Å². The Morgan fingerprint density at radius 2 is 2.00 bits per heavy atom. The fraction of sp³-hybridized carbons (Fsp3) is 0.333. The van der Waals surface area contributed by atoms with Gasteiger partial charge in [0.2, 0.25) is 0 Å². The molecule has 0 saturated heterocycles. The minimum atomic E-state index is -4.00. The SMILES string of the molecule is NCCCOP(=O)(O)Oc1ccccc1. The van der Waals surface area contributed by atoms with E-state index in [2.05, 4.69) is 4.52 Å². The van der Waals surface area contributed by atoms with Gasteiger partial charge >= 0.3 is 7.82 Å². The van der Waals surface area contributed by atoms with Crippen molar-refractivity contribution in [3.05, 3.63) is 30.3 Å². The molecule has 1 aromatic rings. The lowest BCUT2D eigenvalue weighted by Gasteiger charge is -2.12. The van der Waals surface area contributed by atoms with Crippen LogP contribution in [0.1, 0.15) is 6.42 Å². The highest BCUT2D eigenvalue weighted by Gasteiger charge is 2.22. The van der Waals surface area contributed by atoms with E-state index in [1.807, 2.05) is 0 Å². The van der Waals surface area contributed by atoms with Crippen LogP contribution in [0.2, 0.25) is 0 Å². The highest BCUT2D eigenvalue weighted by atomic mass is 31.2. The Bertz CT molecular complexity index is 330. The van der Waals surface area contributed by atoms with Crippen molar-refractivity contribution in [3.63, 3.8) is 0 Å². The normalized spacial score (nSPS) is 14.5. The van der Waals surface area contributed by atoms with E-state index in [1.54, 1.807) is 30.3 Å². The molecule has 0 bridgehead atoms. The van der Waals surface area contributed by atoms with E-state index in [-0.39, 0.29) is 6.61 Å². The second kappa shape index (κ2) is 5.88. The Hall–Kier alpha value is -0.870. The standard InChI is InChI=1S/C9H14NO4P/c10-7-4-8-13-15(11,12)14-9-5-2-1-3-6-9/h1-3,5-6H,4,7-8,10H2,(H,11,12). The minimum absolute atomic E-state index is 0.108. The lowest BCUT2D eigenvalue weighted by atomic mass is 10.3. The fourth-order valence-corrected chi connectivity index (χ4v) is 1.70. The van der Waals surface area contributed by atoms with Crippen LogP contribution >= 0.6 is 7.82 Å². The molecule has 0 radical (unpaired) electrons. The summed E-state index contributed by atoms with van der Waals surface area (Å²) in [4.78, 5) is 9.26. The smallest absolute Gasteiger partial charge is 0.404 e. The van der Waals surface area contributed by atoms with Gasteiger partial charge in [-0.05, 0) is 25.1 Å². The second-order valence-electron chi connectivity index (χ2n) is 2.85. The third-order valence-corrected chi connectivity index (χ3v) is 2.52. The number of phosphoric ester groups is 1. The Labute approximate surface area is 88.4 Å². The maximum absolute atomic E-state index is 11.3. The van der Waals surface area contributed by atoms with Crippen LogP contribution in [-0.2, 0) is 9.09 Å². The summed E-state index contributed by atoms with van der Waals surface area (Å²) in [7, 11) is -4.00. The molecule has 0 amide bonds. The lowest BCUT2D eigenvalue weighted by molar-refractivity contribution is 0.202. The van der Waals surface area contributed by atoms with Crippen molar-refractivity contribution >= 4 is 7.82 Å². The van der Waals surface area contributed by atoms with Gasteiger partial charge in [-0.2, -0.15) is 0 Å². The Balaban J connectivity index is 2.46. The highest BCUT2D eigenvalue weighted by Crippen LogP contribution is 2.43. The van der Waals surface area contributed by atoms with Crippen LogP contribution in [0.4, 0.5) is 0 Å². The number of rotatable bonds is 6. The molecule has 84 valence electrons. The number of hydrogen-bond donors (Lipinski definition) is 2. The summed E-state index contributed by atoms with van der Waals surface area (Å²) in [5, 5.41) is 0. The molecule has 3 N–H and O–H groups in total. The molecule has 1 unspecified atom stereocenters. The fourth-order valence-electron chi connectivity index (χ4n) is 0.904. The van der Waals surface area contributed by atoms with Crippen molar-refractivity contribution in [1.29, 1.82) is 0 Å². The zero-order chi connectivity index (χ0) is 11.1. The van der Waals surface area contributed by atoms with Crippen LogP contribution in [-0.4, -0.2) is 18.0 Å². The first-order valence-electron chi connectivity index (χ1n) is 4.56. The molecular weight excluding hydrogens is 217 g/mol. The molecule has 0 aliphatic carbocycles. The third kappa shape index (κ3) is 4.95. The highest BCUT2D eigenvalue weighted by molar-refractivity contribution is 7.47. The molecule has 0 heterocycles. The predicted octanol–water partition coefficient (Wildman–Crippen LogP) is 1.53. The second-order valence-corrected chi connectivity index (χ2v) is 4.23. The van der Waals surface area contributed by atoms with Crippen LogP contribution in [0.5, 0.6) is 5.75 Å². The quantitative estimate of drug-likeness (QED) is 0.573. The number of hydrogen-bond acceptors (Lipinski definition) is 4. The van der Waals surface area contributed by atoms with Crippen molar-refractivity contribution in [2.24, 2.45) is 5.73 Å². The predicted molar refractivity (Wildman–Crippen MR) is 56.5 cm³/mol. The number of phosphoric acid groups is 1. The monoisotopic (exact) mass is 231 g/mol. The zero-order valence-electron chi connectivity index (χ0n) is 8.20. The Morgan fingerprint density at radius 3 is 2.60 bits per heavy atom. The van der Waals surface area contributed by atoms with Crippen LogP contribution in [0.15, 0.2) is 30.3 Å². The molecule has 0 aromatic heterocycles. The van der Waals surface area contributed by atoms with Crippen LogP contribution in [0.25, 0.3) is 0 Å². The van der Waals surface area contributed by atoms with Gasteiger partial charge in [-0.25, -0.2) is 4.57 Å². The average Bonchev–Trinajstić information content (AvgIpc) is 2.18. The number of para-hydroxylation sites is 1. The van der Waals surface area contributed by atoms with Crippen molar-refractivity contribution in [1.82, 2.24) is 0 Å². The maximum Gasteiger partial charge on any atom is 0.527 e. The first kappa shape index (κ1) is 12.2. The average molecular weight is 231 g/mol. The summed E-state index contributed by atoms with van der Waals surface area (Å²) in [6, 6.07) is 8.35. The molecule has 1 atom stereocenters. The van der Waals surface area contributed by atoms with Crippen molar-refractivity contribution in [2.75, 3.05) is 13.2 Å². The summed E-state index contributed by atoms with van der Waals surface area (Å²) < 4.78 is 20.8. The third-order valence-electron chi connectivity index (χ3n) is 1.57. The van der Waals surface area contributed by atoms with Gasteiger partial charge in [0.05, 0.1) is 6.61 Å². The minimum Gasteiger partial charge on any atom is -0.404 e. The molecule has 0 saturated carbocycles. The summed E-state index contributed by atoms with van der Waals surface area (Å²) in [6.07, 6.45) is 0.517. The zero-order valence-corrected chi connectivity index (χ0v) is 9.10. The molecule has 15 heavy (non-hydrogen) atoms. The van der Waals surface area contributed by atoms with E-state index in [4.69, 9.17) is 10.3 Å². The first-order valence-corrected chi connectivity index (χ1v) is 6.05. The van der Waals surface area contributed by atoms with Crippen LogP contribution in [0.3, 0.4) is 0 Å². The maximum atomic E-state index is 11.3. The van der Waals surface area contributed by atoms with Gasteiger partial charge < -0.3 is 10.3 Å². The summed E-state index contributed by atoms with van der Waals surface area (Å²) in [5.74, 6) is 0.302. The first-order chi connectivity index (χ1) is 7.14. The molecule has 5 nitrogen and oxygen atoms in total. The van der Waals surface area contributed by atoms with Gasteiger partial charge in [0.1, 0.15) is 5.75 Å². The lowest BCUT2D eigenvalue weighted by Crippen LogP contribution is -2.05. The molecule has 6 heteroatoms. The van der Waals surface area contributed by atoms with Gasteiger partial charge in [-0.3, -0.25) is 9.42 Å². The van der Waals surface area contributed by atoms with E-state index in [9.17, 15) is 9.46 Å². The van der Waals surface area contributed by atoms with Gasteiger partial charge in [-0.15, -0.1) is 0 Å². The Kier molecular flexibility index (Phi) is 4.78. The van der Waals surface area contributed by atoms with Crippen LogP contribution in [0, 0.1) is 0 Å². The molecule has 1 aromatic carbocycles. The van der Waals surface area contributed by atoms with Crippen molar-refractivity contribution in [3.8, 4) is 5.75 Å². The van der Waals surface area contributed by atoms with Gasteiger partial charge in [0, 0.05) is 0 Å². The van der Waals surface area contributed by atoms with Crippen molar-refractivity contribution in [2.45, 2.75) is 6.42 Å². The van der Waals surface area contributed by atoms with E-state index in [0.29, 0.717) is 18.7 Å². The topological polar surface area (TPSA) is 81.8 Å².